The summed E-state index contributed by atoms with van der Waals surface area (Å²) in [5.41, 5.74) is -1.19. The Morgan fingerprint density at radius 1 is 1.32 bits per heavy atom. The third-order valence-corrected chi connectivity index (χ3v) is 3.81. The van der Waals surface area contributed by atoms with E-state index in [4.69, 9.17) is 4.74 Å². The number of carbonyl (C=O) groups excluding carboxylic acids is 1. The van der Waals surface area contributed by atoms with Crippen LogP contribution < -0.4 is 4.74 Å². The summed E-state index contributed by atoms with van der Waals surface area (Å²) in [6, 6.07) is 0.747. The third kappa shape index (κ3) is 3.73. The van der Waals surface area contributed by atoms with Gasteiger partial charge >= 0.3 is 6.18 Å². The summed E-state index contributed by atoms with van der Waals surface area (Å²) >= 11 is 0. The van der Waals surface area contributed by atoms with Gasteiger partial charge in [0.25, 0.3) is 5.91 Å². The monoisotopic (exact) mass is 356 g/mol. The van der Waals surface area contributed by atoms with E-state index in [-0.39, 0.29) is 18.7 Å². The van der Waals surface area contributed by atoms with Crippen LogP contribution in [0.3, 0.4) is 0 Å². The van der Waals surface area contributed by atoms with Crippen LogP contribution in [0.1, 0.15) is 15.9 Å². The van der Waals surface area contributed by atoms with Gasteiger partial charge in [0, 0.05) is 19.4 Å². The highest BCUT2D eigenvalue weighted by Crippen LogP contribution is 2.29. The molecule has 3 heterocycles. The predicted octanol–water partition coefficient (Wildman–Crippen LogP) is 1.10. The van der Waals surface area contributed by atoms with E-state index in [1.54, 1.807) is 13.2 Å². The van der Waals surface area contributed by atoms with Crippen molar-refractivity contribution in [1.82, 2.24) is 19.7 Å². The van der Waals surface area contributed by atoms with E-state index >= 15 is 0 Å². The van der Waals surface area contributed by atoms with Crippen molar-refractivity contribution in [2.45, 2.75) is 18.4 Å². The summed E-state index contributed by atoms with van der Waals surface area (Å²) in [6.07, 6.45) is -1.43. The number of alkyl halides is 3. The molecule has 0 aromatic carbocycles. The highest BCUT2D eigenvalue weighted by molar-refractivity contribution is 5.94. The molecule has 1 fully saturated rings. The van der Waals surface area contributed by atoms with Gasteiger partial charge < -0.3 is 14.7 Å². The molecule has 134 valence electrons. The fourth-order valence-corrected chi connectivity index (χ4v) is 2.57. The van der Waals surface area contributed by atoms with Gasteiger partial charge in [0.05, 0.1) is 36.6 Å². The molecule has 1 amide bonds. The molecule has 1 aliphatic rings. The number of hydrogen-bond donors (Lipinski definition) is 1. The lowest BCUT2D eigenvalue weighted by Crippen LogP contribution is -2.31. The third-order valence-electron chi connectivity index (χ3n) is 3.81. The lowest BCUT2D eigenvalue weighted by Gasteiger charge is -2.17. The van der Waals surface area contributed by atoms with Crippen LogP contribution in [0.5, 0.6) is 5.75 Å². The molecular formula is C15H15F3N4O3. The van der Waals surface area contributed by atoms with Crippen LogP contribution >= 0.6 is 0 Å². The minimum Gasteiger partial charge on any atom is -0.482 e. The van der Waals surface area contributed by atoms with E-state index in [9.17, 15) is 23.1 Å². The highest BCUT2D eigenvalue weighted by atomic mass is 19.4. The summed E-state index contributed by atoms with van der Waals surface area (Å²) in [4.78, 5) is 17.1. The van der Waals surface area contributed by atoms with Crippen molar-refractivity contribution in [1.29, 1.82) is 0 Å². The largest absolute Gasteiger partial charge is 0.482 e. The van der Waals surface area contributed by atoms with Crippen molar-refractivity contribution < 1.29 is 27.8 Å². The Labute approximate surface area is 140 Å². The zero-order valence-corrected chi connectivity index (χ0v) is 13.1. The summed E-state index contributed by atoms with van der Waals surface area (Å²) in [5, 5.41) is 14.0. The molecule has 0 unspecified atom stereocenters. The molecule has 25 heavy (non-hydrogen) atoms. The normalized spacial score (nSPS) is 20.8. The molecule has 2 aromatic rings. The fraction of sp³-hybridized carbons (Fsp3) is 0.400. The Morgan fingerprint density at radius 3 is 2.72 bits per heavy atom. The molecule has 0 aliphatic carbocycles. The number of carbonyl (C=O) groups is 1. The van der Waals surface area contributed by atoms with Crippen molar-refractivity contribution >= 4 is 5.91 Å². The average molecular weight is 356 g/mol. The summed E-state index contributed by atoms with van der Waals surface area (Å²) in [5.74, 6) is -0.212. The van der Waals surface area contributed by atoms with Crippen molar-refractivity contribution in [3.8, 4) is 5.75 Å². The van der Waals surface area contributed by atoms with Gasteiger partial charge in [-0.3, -0.25) is 14.5 Å². The second-order valence-corrected chi connectivity index (χ2v) is 5.74. The van der Waals surface area contributed by atoms with Gasteiger partial charge in [-0.15, -0.1) is 0 Å². The lowest BCUT2D eigenvalue weighted by molar-refractivity contribution is -0.137. The number of amides is 1. The maximum absolute atomic E-state index is 12.7. The van der Waals surface area contributed by atoms with Crippen molar-refractivity contribution in [3.63, 3.8) is 0 Å². The molecule has 7 nitrogen and oxygen atoms in total. The first-order valence-electron chi connectivity index (χ1n) is 7.39. The van der Waals surface area contributed by atoms with Crippen LogP contribution in [0.25, 0.3) is 0 Å². The van der Waals surface area contributed by atoms with E-state index in [1.807, 2.05) is 0 Å². The number of ether oxygens (including phenoxy) is 1. The average Bonchev–Trinajstić information content (AvgIpc) is 3.12. The SMILES string of the molecule is Cn1cc(O[C@@H]2CN(C(=O)c3cncc(C(F)(F)F)c3)C[C@H]2O)cn1. The van der Waals surface area contributed by atoms with E-state index in [0.717, 1.165) is 12.3 Å². The number of halogens is 3. The number of aliphatic hydroxyl groups is 1. The van der Waals surface area contributed by atoms with Crippen LogP contribution in [-0.2, 0) is 13.2 Å². The minimum absolute atomic E-state index is 0.0417. The molecular weight excluding hydrogens is 341 g/mol. The number of hydrogen-bond acceptors (Lipinski definition) is 5. The number of likely N-dealkylation sites (tertiary alicyclic amines) is 1. The van der Waals surface area contributed by atoms with E-state index in [1.165, 1.54) is 15.8 Å². The van der Waals surface area contributed by atoms with Crippen molar-refractivity contribution in [2.24, 2.45) is 7.05 Å². The zero-order valence-electron chi connectivity index (χ0n) is 13.1. The molecule has 1 aliphatic heterocycles. The number of aryl methyl sites for hydroxylation is 1. The molecule has 10 heteroatoms. The summed E-state index contributed by atoms with van der Waals surface area (Å²) in [6.45, 7) is 0.00511. The fourth-order valence-electron chi connectivity index (χ4n) is 2.57. The quantitative estimate of drug-likeness (QED) is 0.891. The number of aromatic nitrogens is 3. The summed E-state index contributed by atoms with van der Waals surface area (Å²) in [7, 11) is 1.70. The van der Waals surface area contributed by atoms with Gasteiger partial charge in [-0.05, 0) is 6.07 Å². The molecule has 2 atom stereocenters. The second-order valence-electron chi connectivity index (χ2n) is 5.74. The van der Waals surface area contributed by atoms with E-state index in [2.05, 4.69) is 10.1 Å². The van der Waals surface area contributed by atoms with Crippen LogP contribution in [0.2, 0.25) is 0 Å². The Bertz CT molecular complexity index is 777. The maximum atomic E-state index is 12.7. The van der Waals surface area contributed by atoms with Gasteiger partial charge in [-0.1, -0.05) is 0 Å². The van der Waals surface area contributed by atoms with Gasteiger partial charge in [-0.25, -0.2) is 0 Å². The number of rotatable bonds is 3. The molecule has 0 saturated carbocycles. The van der Waals surface area contributed by atoms with Crippen LogP contribution in [0.15, 0.2) is 30.9 Å². The first-order valence-corrected chi connectivity index (χ1v) is 7.39. The number of aliphatic hydroxyl groups excluding tert-OH is 1. The summed E-state index contributed by atoms with van der Waals surface area (Å²) < 4.78 is 45.3. The molecule has 0 radical (unpaired) electrons. The number of β-amino-alcohol motifs (C(OH)–C–C–N with tert-alkyl or cyclic N) is 1. The Balaban J connectivity index is 1.71. The van der Waals surface area contributed by atoms with Crippen molar-refractivity contribution in [3.05, 3.63) is 42.0 Å². The second kappa shape index (κ2) is 6.36. The minimum atomic E-state index is -4.58. The highest BCUT2D eigenvalue weighted by Gasteiger charge is 2.37. The van der Waals surface area contributed by atoms with Crippen LogP contribution in [-0.4, -0.2) is 56.0 Å². The standard InChI is InChI=1S/C15H15F3N4O3/c1-21-6-11(5-20-21)25-13-8-22(7-12(13)23)14(24)9-2-10(4-19-3-9)15(16,17)18/h2-6,12-13,23H,7-8H2,1H3/t12-,13-/m1/s1. The van der Waals surface area contributed by atoms with Crippen LogP contribution in [0, 0.1) is 0 Å². The van der Waals surface area contributed by atoms with Gasteiger partial charge in [-0.2, -0.15) is 18.3 Å². The Morgan fingerprint density at radius 2 is 2.08 bits per heavy atom. The van der Waals surface area contributed by atoms with Gasteiger partial charge in [0.2, 0.25) is 0 Å². The molecule has 0 bridgehead atoms. The van der Waals surface area contributed by atoms with E-state index in [0.29, 0.717) is 11.9 Å². The van der Waals surface area contributed by atoms with Crippen LogP contribution in [0.4, 0.5) is 13.2 Å². The molecule has 0 spiro atoms. The lowest BCUT2D eigenvalue weighted by atomic mass is 10.2. The molecule has 2 aromatic heterocycles. The first-order chi connectivity index (χ1) is 11.7. The van der Waals surface area contributed by atoms with Gasteiger partial charge in [0.15, 0.2) is 5.75 Å². The number of nitrogens with zero attached hydrogens (tertiary/aromatic N) is 4. The van der Waals surface area contributed by atoms with Gasteiger partial charge in [0.1, 0.15) is 12.2 Å². The Hall–Kier alpha value is -2.62. The first kappa shape index (κ1) is 17.2. The molecule has 1 N–H and O–H groups in total. The Kier molecular flexibility index (Phi) is 4.38. The number of pyridine rings is 1. The molecule has 1 saturated heterocycles. The van der Waals surface area contributed by atoms with Crippen molar-refractivity contribution in [2.75, 3.05) is 13.1 Å². The maximum Gasteiger partial charge on any atom is 0.417 e. The smallest absolute Gasteiger partial charge is 0.417 e. The topological polar surface area (TPSA) is 80.5 Å². The molecule has 3 rings (SSSR count). The predicted molar refractivity (Wildman–Crippen MR) is 78.8 cm³/mol. The zero-order chi connectivity index (χ0) is 18.2. The van der Waals surface area contributed by atoms with E-state index < -0.39 is 29.9 Å².